The highest BCUT2D eigenvalue weighted by atomic mass is 19.3. The molecule has 0 unspecified atom stereocenters. The number of carbonyl (C=O) groups excluding carboxylic acids is 1. The number of amides is 1. The number of nitrogens with one attached hydrogen (secondary N) is 2. The van der Waals surface area contributed by atoms with Gasteiger partial charge in [0.05, 0.1) is 24.4 Å². The molecule has 4 aromatic heterocycles. The molecule has 1 aliphatic rings. The van der Waals surface area contributed by atoms with E-state index in [-0.39, 0.29) is 46.4 Å². The Hall–Kier alpha value is -4.64. The second-order valence-electron chi connectivity index (χ2n) is 9.84. The first kappa shape index (κ1) is 26.9. The Morgan fingerprint density at radius 2 is 2.10 bits per heavy atom. The van der Waals surface area contributed by atoms with Crippen LogP contribution in [0.3, 0.4) is 0 Å². The van der Waals surface area contributed by atoms with Crippen LogP contribution in [0.1, 0.15) is 50.9 Å². The van der Waals surface area contributed by atoms with E-state index < -0.39 is 17.5 Å². The number of hydrogen-bond acceptors (Lipinski definition) is 8. The normalized spacial score (nSPS) is 15.4. The van der Waals surface area contributed by atoms with Crippen LogP contribution >= 0.6 is 0 Å². The quantitative estimate of drug-likeness (QED) is 0.290. The lowest BCUT2D eigenvalue weighted by molar-refractivity contribution is -0.114. The summed E-state index contributed by atoms with van der Waals surface area (Å²) < 4.78 is 43.4. The highest BCUT2D eigenvalue weighted by Gasteiger charge is 2.35. The van der Waals surface area contributed by atoms with Gasteiger partial charge in [-0.25, -0.2) is 25.3 Å². The second kappa shape index (κ2) is 10.5. The van der Waals surface area contributed by atoms with E-state index >= 15 is 0 Å². The monoisotopic (exact) mass is 551 g/mol. The Labute approximate surface area is 228 Å². The molecule has 14 heteroatoms. The first-order valence-corrected chi connectivity index (χ1v) is 12.5. The van der Waals surface area contributed by atoms with Crippen molar-refractivity contribution in [1.29, 1.82) is 0 Å². The number of hydrogen-bond donors (Lipinski definition) is 2. The van der Waals surface area contributed by atoms with Crippen LogP contribution in [-0.4, -0.2) is 48.4 Å². The molecule has 1 saturated heterocycles. The molecule has 2 N–H and O–H groups in total. The number of anilines is 3. The molecule has 0 aliphatic carbocycles. The zero-order chi connectivity index (χ0) is 28.6. The number of aryl methyl sites for hydroxylation is 1. The Morgan fingerprint density at radius 3 is 2.77 bits per heavy atom. The number of alkyl halides is 2. The molecule has 4 aromatic rings. The number of imidazole rings is 1. The lowest BCUT2D eigenvalue weighted by atomic mass is 10.0. The number of ether oxygens (including phenoxy) is 2. The van der Waals surface area contributed by atoms with E-state index in [9.17, 15) is 13.6 Å². The second-order valence-corrected chi connectivity index (χ2v) is 9.84. The fourth-order valence-corrected chi connectivity index (χ4v) is 4.51. The van der Waals surface area contributed by atoms with E-state index in [2.05, 4.69) is 35.5 Å². The molecular formula is C26H27F2N9O3. The molecule has 5 rings (SSSR count). The van der Waals surface area contributed by atoms with Crippen LogP contribution in [0.15, 0.2) is 30.6 Å². The van der Waals surface area contributed by atoms with Crippen molar-refractivity contribution in [2.45, 2.75) is 45.2 Å². The Bertz CT molecular complexity index is 1620. The number of carbonyl (C=O) groups is 1. The molecule has 5 heterocycles. The number of fused-ring (bicyclic) bond motifs is 1. The maximum absolute atomic E-state index is 14.4. The van der Waals surface area contributed by atoms with E-state index in [4.69, 9.17) is 16.0 Å². The summed E-state index contributed by atoms with van der Waals surface area (Å²) in [6.07, 6.45) is 0.432. The van der Waals surface area contributed by atoms with Gasteiger partial charge in [0, 0.05) is 52.8 Å². The maximum atomic E-state index is 14.4. The smallest absolute Gasteiger partial charge is 0.269 e. The van der Waals surface area contributed by atoms with Gasteiger partial charge in [-0.1, -0.05) is 0 Å². The maximum Gasteiger partial charge on any atom is 0.269 e. The zero-order valence-corrected chi connectivity index (χ0v) is 22.3. The SMILES string of the molecule is [C-]#[N+]C(C)(C)c1cc(Nc2nc3ncc(Oc4ccnc(NC(C)=O)c4)c(C(F)F)c3n2C)nn1[C@@H]1CCOC1. The Morgan fingerprint density at radius 1 is 1.30 bits per heavy atom. The third kappa shape index (κ3) is 5.15. The molecule has 1 atom stereocenters. The van der Waals surface area contributed by atoms with Gasteiger partial charge in [-0.3, -0.25) is 9.48 Å². The Kier molecular flexibility index (Phi) is 7.07. The number of rotatable bonds is 8. The summed E-state index contributed by atoms with van der Waals surface area (Å²) in [6.45, 7) is 13.7. The lowest BCUT2D eigenvalue weighted by Gasteiger charge is -2.17. The summed E-state index contributed by atoms with van der Waals surface area (Å²) in [5.41, 5.74) is -0.361. The fraction of sp³-hybridized carbons (Fsp3) is 0.385. The van der Waals surface area contributed by atoms with E-state index in [0.29, 0.717) is 24.7 Å². The van der Waals surface area contributed by atoms with Crippen molar-refractivity contribution in [2.75, 3.05) is 23.8 Å². The summed E-state index contributed by atoms with van der Waals surface area (Å²) in [5, 5.41) is 10.3. The lowest BCUT2D eigenvalue weighted by Crippen LogP contribution is -2.22. The number of nitrogens with zero attached hydrogens (tertiary/aromatic N) is 7. The van der Waals surface area contributed by atoms with Crippen molar-refractivity contribution >= 4 is 34.7 Å². The molecule has 0 saturated carbocycles. The third-order valence-corrected chi connectivity index (χ3v) is 6.52. The largest absolute Gasteiger partial charge is 0.455 e. The topological polar surface area (TPSA) is 125 Å². The van der Waals surface area contributed by atoms with Crippen LogP contribution in [0.4, 0.5) is 26.4 Å². The van der Waals surface area contributed by atoms with Crippen molar-refractivity contribution in [2.24, 2.45) is 7.05 Å². The van der Waals surface area contributed by atoms with Gasteiger partial charge in [-0.05, 0) is 12.5 Å². The average Bonchev–Trinajstić information content (AvgIpc) is 3.64. The fourth-order valence-electron chi connectivity index (χ4n) is 4.51. The standard InChI is InChI=1S/C26H27F2N9O3/c1-14(38)32-19-10-16(6-8-30-19)40-17-12-31-24-22(21(17)23(27)28)36(5)25(34-24)33-20-11-18(26(2,3)29-4)37(35-20)15-7-9-39-13-15/h6,8,10-12,15,23H,7,9,13H2,1-3,5H3,(H,30,32,38)(H,31,33,34,35)/t15-/m1/s1. The zero-order valence-electron chi connectivity index (χ0n) is 22.3. The van der Waals surface area contributed by atoms with Gasteiger partial charge in [0.15, 0.2) is 17.2 Å². The summed E-state index contributed by atoms with van der Waals surface area (Å²) in [4.78, 5) is 27.8. The van der Waals surface area contributed by atoms with Crippen LogP contribution in [0.5, 0.6) is 11.5 Å². The minimum Gasteiger partial charge on any atom is -0.455 e. The predicted octanol–water partition coefficient (Wildman–Crippen LogP) is 5.11. The van der Waals surface area contributed by atoms with Crippen LogP contribution in [0, 0.1) is 6.57 Å². The van der Waals surface area contributed by atoms with Gasteiger partial charge in [-0.15, -0.1) is 0 Å². The molecule has 0 radical (unpaired) electrons. The van der Waals surface area contributed by atoms with Gasteiger partial charge < -0.3 is 29.5 Å². The minimum absolute atomic E-state index is 0.0156. The van der Waals surface area contributed by atoms with Crippen molar-refractivity contribution in [3.8, 4) is 11.5 Å². The first-order chi connectivity index (χ1) is 19.1. The van der Waals surface area contributed by atoms with Gasteiger partial charge in [-0.2, -0.15) is 10.1 Å². The van der Waals surface area contributed by atoms with Gasteiger partial charge in [0.2, 0.25) is 11.9 Å². The molecule has 12 nitrogen and oxygen atoms in total. The molecule has 1 fully saturated rings. The molecule has 40 heavy (non-hydrogen) atoms. The first-order valence-electron chi connectivity index (χ1n) is 12.5. The summed E-state index contributed by atoms with van der Waals surface area (Å²) in [7, 11) is 1.59. The summed E-state index contributed by atoms with van der Waals surface area (Å²) in [6, 6.07) is 4.65. The molecule has 1 aliphatic heterocycles. The van der Waals surface area contributed by atoms with Crippen LogP contribution < -0.4 is 15.4 Å². The van der Waals surface area contributed by atoms with Crippen molar-refractivity contribution in [3.05, 3.63) is 53.3 Å². The summed E-state index contributed by atoms with van der Waals surface area (Å²) in [5.74, 6) is 0.561. The molecular weight excluding hydrogens is 524 g/mol. The van der Waals surface area contributed by atoms with E-state index in [1.54, 1.807) is 17.8 Å². The molecule has 208 valence electrons. The minimum atomic E-state index is -2.91. The van der Waals surface area contributed by atoms with Gasteiger partial charge in [0.1, 0.15) is 22.8 Å². The molecule has 0 aromatic carbocycles. The highest BCUT2D eigenvalue weighted by Crippen LogP contribution is 2.39. The highest BCUT2D eigenvalue weighted by molar-refractivity contribution is 5.87. The third-order valence-electron chi connectivity index (χ3n) is 6.52. The van der Waals surface area contributed by atoms with E-state index in [0.717, 1.165) is 6.42 Å². The van der Waals surface area contributed by atoms with Crippen LogP contribution in [-0.2, 0) is 22.1 Å². The van der Waals surface area contributed by atoms with E-state index in [1.165, 1.54) is 36.0 Å². The van der Waals surface area contributed by atoms with E-state index in [1.807, 2.05) is 13.8 Å². The van der Waals surface area contributed by atoms with Crippen molar-refractivity contribution in [3.63, 3.8) is 0 Å². The number of pyridine rings is 2. The number of aromatic nitrogens is 6. The Balaban J connectivity index is 1.51. The predicted molar refractivity (Wildman–Crippen MR) is 142 cm³/mol. The molecule has 0 bridgehead atoms. The van der Waals surface area contributed by atoms with Crippen LogP contribution in [0.25, 0.3) is 16.0 Å². The van der Waals surface area contributed by atoms with Crippen molar-refractivity contribution < 1.29 is 23.0 Å². The van der Waals surface area contributed by atoms with Crippen molar-refractivity contribution in [1.82, 2.24) is 29.3 Å². The van der Waals surface area contributed by atoms with Gasteiger partial charge in [0.25, 0.3) is 12.0 Å². The molecule has 0 spiro atoms. The van der Waals surface area contributed by atoms with Crippen LogP contribution in [0.2, 0.25) is 0 Å². The average molecular weight is 552 g/mol. The summed E-state index contributed by atoms with van der Waals surface area (Å²) >= 11 is 0. The van der Waals surface area contributed by atoms with Gasteiger partial charge >= 0.3 is 0 Å². The molecule has 1 amide bonds. The number of halogens is 2.